The van der Waals surface area contributed by atoms with Crippen LogP contribution in [0, 0.1) is 5.92 Å². The maximum Gasteiger partial charge on any atom is 0.191 e. The van der Waals surface area contributed by atoms with Crippen LogP contribution >= 0.6 is 11.3 Å². The molecular formula is C16H31N5OS. The molecule has 0 aliphatic rings. The Morgan fingerprint density at radius 3 is 2.74 bits per heavy atom. The van der Waals surface area contributed by atoms with Gasteiger partial charge in [-0.1, -0.05) is 13.8 Å². The summed E-state index contributed by atoms with van der Waals surface area (Å²) in [5, 5.41) is 9.59. The van der Waals surface area contributed by atoms with Gasteiger partial charge < -0.3 is 20.3 Å². The number of anilines is 1. The van der Waals surface area contributed by atoms with Crippen molar-refractivity contribution in [1.82, 2.24) is 15.6 Å². The Balaban J connectivity index is 2.34. The van der Waals surface area contributed by atoms with Gasteiger partial charge in [-0.05, 0) is 19.3 Å². The van der Waals surface area contributed by atoms with Crippen LogP contribution in [0.5, 0.6) is 0 Å². The fourth-order valence-corrected chi connectivity index (χ4v) is 2.49. The van der Waals surface area contributed by atoms with Crippen molar-refractivity contribution in [2.24, 2.45) is 10.9 Å². The first kappa shape index (κ1) is 19.7. The van der Waals surface area contributed by atoms with Gasteiger partial charge in [-0.2, -0.15) is 0 Å². The summed E-state index contributed by atoms with van der Waals surface area (Å²) >= 11 is 1.64. The van der Waals surface area contributed by atoms with Crippen molar-refractivity contribution >= 4 is 22.4 Å². The van der Waals surface area contributed by atoms with Crippen LogP contribution in [0.25, 0.3) is 0 Å². The second kappa shape index (κ2) is 11.2. The molecule has 0 atom stereocenters. The summed E-state index contributed by atoms with van der Waals surface area (Å²) in [5.41, 5.74) is 0.990. The Morgan fingerprint density at radius 2 is 2.13 bits per heavy atom. The van der Waals surface area contributed by atoms with Gasteiger partial charge in [0.2, 0.25) is 0 Å². The van der Waals surface area contributed by atoms with Crippen LogP contribution in [0.1, 0.15) is 32.9 Å². The molecule has 1 rings (SSSR count). The zero-order chi connectivity index (χ0) is 17.1. The van der Waals surface area contributed by atoms with Gasteiger partial charge >= 0.3 is 0 Å². The van der Waals surface area contributed by atoms with Gasteiger partial charge in [-0.15, -0.1) is 11.3 Å². The fraction of sp³-hybridized carbons (Fsp3) is 0.750. The SMILES string of the molecule is CCNC(=NCc1csc(N(C)C)n1)NCCOCCC(C)C. The quantitative estimate of drug-likeness (QED) is 0.388. The van der Waals surface area contributed by atoms with Gasteiger partial charge in [0, 0.05) is 39.2 Å². The highest BCUT2D eigenvalue weighted by Crippen LogP contribution is 2.18. The van der Waals surface area contributed by atoms with Crippen LogP contribution in [0.15, 0.2) is 10.4 Å². The molecule has 6 nitrogen and oxygen atoms in total. The Morgan fingerprint density at radius 1 is 1.35 bits per heavy atom. The number of aliphatic imine (C=N–C) groups is 1. The number of nitrogens with zero attached hydrogens (tertiary/aromatic N) is 3. The molecule has 0 saturated carbocycles. The highest BCUT2D eigenvalue weighted by atomic mass is 32.1. The molecule has 1 aromatic heterocycles. The first-order valence-electron chi connectivity index (χ1n) is 8.24. The van der Waals surface area contributed by atoms with Crippen LogP contribution in [-0.2, 0) is 11.3 Å². The number of aromatic nitrogens is 1. The van der Waals surface area contributed by atoms with E-state index in [2.05, 4.69) is 46.8 Å². The van der Waals surface area contributed by atoms with E-state index in [0.29, 0.717) is 19.1 Å². The minimum absolute atomic E-state index is 0.577. The van der Waals surface area contributed by atoms with Crippen molar-refractivity contribution < 1.29 is 4.74 Å². The topological polar surface area (TPSA) is 61.8 Å². The standard InChI is InChI=1S/C16H31N5OS/c1-6-17-15(18-8-10-22-9-7-13(2)3)19-11-14-12-23-16(20-14)21(4)5/h12-13H,6-11H2,1-5H3,(H2,17,18,19). The molecule has 132 valence electrons. The molecule has 1 heterocycles. The smallest absolute Gasteiger partial charge is 0.191 e. The van der Waals surface area contributed by atoms with E-state index >= 15 is 0 Å². The van der Waals surface area contributed by atoms with Gasteiger partial charge in [-0.3, -0.25) is 0 Å². The first-order valence-corrected chi connectivity index (χ1v) is 9.12. The average Bonchev–Trinajstić information content (AvgIpc) is 2.97. The lowest BCUT2D eigenvalue weighted by Crippen LogP contribution is -2.39. The third-order valence-corrected chi connectivity index (χ3v) is 4.10. The summed E-state index contributed by atoms with van der Waals surface area (Å²) in [5.74, 6) is 1.49. The molecule has 0 fully saturated rings. The van der Waals surface area contributed by atoms with E-state index < -0.39 is 0 Å². The summed E-state index contributed by atoms with van der Waals surface area (Å²) in [6.45, 7) is 10.1. The number of guanidine groups is 1. The molecular weight excluding hydrogens is 310 g/mol. The molecule has 0 radical (unpaired) electrons. The molecule has 7 heteroatoms. The highest BCUT2D eigenvalue weighted by molar-refractivity contribution is 7.13. The molecule has 0 spiro atoms. The normalized spacial score (nSPS) is 11.8. The van der Waals surface area contributed by atoms with E-state index in [1.54, 1.807) is 11.3 Å². The van der Waals surface area contributed by atoms with Crippen LogP contribution < -0.4 is 15.5 Å². The second-order valence-electron chi connectivity index (χ2n) is 5.93. The fourth-order valence-electron chi connectivity index (χ4n) is 1.74. The van der Waals surface area contributed by atoms with Crippen LogP contribution in [-0.4, -0.2) is 51.3 Å². The van der Waals surface area contributed by atoms with Crippen molar-refractivity contribution in [2.75, 3.05) is 45.3 Å². The number of hydrogen-bond donors (Lipinski definition) is 2. The average molecular weight is 342 g/mol. The number of rotatable bonds is 10. The van der Waals surface area contributed by atoms with Crippen molar-refractivity contribution in [2.45, 2.75) is 33.7 Å². The van der Waals surface area contributed by atoms with E-state index in [1.807, 2.05) is 19.0 Å². The van der Waals surface area contributed by atoms with Gasteiger partial charge in [0.25, 0.3) is 0 Å². The Bertz CT molecular complexity index is 459. The first-order chi connectivity index (χ1) is 11.0. The van der Waals surface area contributed by atoms with E-state index in [1.165, 1.54) is 0 Å². The van der Waals surface area contributed by atoms with Crippen molar-refractivity contribution in [3.05, 3.63) is 11.1 Å². The van der Waals surface area contributed by atoms with E-state index in [9.17, 15) is 0 Å². The van der Waals surface area contributed by atoms with Crippen LogP contribution in [0.2, 0.25) is 0 Å². The van der Waals surface area contributed by atoms with E-state index in [0.717, 1.165) is 42.9 Å². The predicted octanol–water partition coefficient (Wildman–Crippen LogP) is 2.33. The molecule has 0 saturated heterocycles. The monoisotopic (exact) mass is 341 g/mol. The lowest BCUT2D eigenvalue weighted by Gasteiger charge is -2.11. The van der Waals surface area contributed by atoms with Crippen molar-refractivity contribution in [3.63, 3.8) is 0 Å². The second-order valence-corrected chi connectivity index (χ2v) is 6.77. The maximum atomic E-state index is 5.60. The number of thiazole rings is 1. The maximum absolute atomic E-state index is 5.60. The third-order valence-electron chi connectivity index (χ3n) is 3.04. The third kappa shape index (κ3) is 8.76. The zero-order valence-electron chi connectivity index (χ0n) is 15.1. The van der Waals surface area contributed by atoms with Crippen molar-refractivity contribution in [1.29, 1.82) is 0 Å². The minimum Gasteiger partial charge on any atom is -0.380 e. The largest absolute Gasteiger partial charge is 0.380 e. The van der Waals surface area contributed by atoms with Crippen molar-refractivity contribution in [3.8, 4) is 0 Å². The molecule has 23 heavy (non-hydrogen) atoms. The summed E-state index contributed by atoms with van der Waals surface area (Å²) in [6.07, 6.45) is 1.10. The van der Waals surface area contributed by atoms with Gasteiger partial charge in [0.1, 0.15) is 0 Å². The summed E-state index contributed by atoms with van der Waals surface area (Å²) < 4.78 is 5.60. The molecule has 0 amide bonds. The van der Waals surface area contributed by atoms with Gasteiger partial charge in [0.05, 0.1) is 18.8 Å². The summed E-state index contributed by atoms with van der Waals surface area (Å²) in [4.78, 5) is 11.1. The minimum atomic E-state index is 0.577. The van der Waals surface area contributed by atoms with Crippen LogP contribution in [0.3, 0.4) is 0 Å². The Labute approximate surface area is 144 Å². The number of hydrogen-bond acceptors (Lipinski definition) is 5. The summed E-state index contributed by atoms with van der Waals surface area (Å²) in [7, 11) is 3.99. The lowest BCUT2D eigenvalue weighted by molar-refractivity contribution is 0.128. The van der Waals surface area contributed by atoms with Gasteiger partial charge in [0.15, 0.2) is 11.1 Å². The molecule has 0 unspecified atom stereocenters. The number of ether oxygens (including phenoxy) is 1. The van der Waals surface area contributed by atoms with Crippen LogP contribution in [0.4, 0.5) is 5.13 Å². The van der Waals surface area contributed by atoms with E-state index in [4.69, 9.17) is 4.74 Å². The molecule has 1 aromatic rings. The Hall–Kier alpha value is -1.34. The highest BCUT2D eigenvalue weighted by Gasteiger charge is 2.04. The molecule has 0 aliphatic carbocycles. The number of nitrogens with one attached hydrogen (secondary N) is 2. The Kier molecular flexibility index (Phi) is 9.63. The predicted molar refractivity (Wildman–Crippen MR) is 99.5 cm³/mol. The molecule has 2 N–H and O–H groups in total. The molecule has 0 aliphatic heterocycles. The van der Waals surface area contributed by atoms with E-state index in [-0.39, 0.29) is 0 Å². The summed E-state index contributed by atoms with van der Waals surface area (Å²) in [6, 6.07) is 0. The zero-order valence-corrected chi connectivity index (χ0v) is 15.9. The lowest BCUT2D eigenvalue weighted by atomic mass is 10.1. The molecule has 0 aromatic carbocycles. The molecule has 0 bridgehead atoms. The van der Waals surface area contributed by atoms with Gasteiger partial charge in [-0.25, -0.2) is 9.98 Å².